The molecule has 2 aromatic heterocycles. The van der Waals surface area contributed by atoms with Crippen LogP contribution in [0.15, 0.2) is 59.7 Å². The third kappa shape index (κ3) is 3.66. The van der Waals surface area contributed by atoms with E-state index < -0.39 is 6.10 Å². The zero-order valence-corrected chi connectivity index (χ0v) is 14.3. The number of aromatic nitrogens is 4. The Morgan fingerprint density at radius 3 is 2.85 bits per heavy atom. The number of ether oxygens (including phenoxy) is 2. The van der Waals surface area contributed by atoms with Crippen LogP contribution in [0.2, 0.25) is 0 Å². The third-order valence-corrected chi connectivity index (χ3v) is 4.02. The minimum Gasteiger partial charge on any atom is -0.485 e. The summed E-state index contributed by atoms with van der Waals surface area (Å²) >= 11 is 0. The molecule has 9 nitrogen and oxygen atoms in total. The maximum Gasteiger partial charge on any atom is 0.266 e. The van der Waals surface area contributed by atoms with Gasteiger partial charge < -0.3 is 14.8 Å². The second-order valence-electron chi connectivity index (χ2n) is 5.86. The van der Waals surface area contributed by atoms with Gasteiger partial charge in [-0.15, -0.1) is 5.10 Å². The van der Waals surface area contributed by atoms with Crippen molar-refractivity contribution in [3.05, 3.63) is 65.2 Å². The van der Waals surface area contributed by atoms with E-state index in [9.17, 15) is 9.59 Å². The van der Waals surface area contributed by atoms with E-state index >= 15 is 0 Å². The van der Waals surface area contributed by atoms with Crippen LogP contribution in [0.5, 0.6) is 11.5 Å². The van der Waals surface area contributed by atoms with Crippen molar-refractivity contribution in [3.63, 3.8) is 0 Å². The molecule has 1 amide bonds. The van der Waals surface area contributed by atoms with Gasteiger partial charge in [-0.25, -0.2) is 9.36 Å². The van der Waals surface area contributed by atoms with E-state index in [2.05, 4.69) is 15.5 Å². The first-order valence-corrected chi connectivity index (χ1v) is 8.45. The van der Waals surface area contributed by atoms with E-state index in [-0.39, 0.29) is 31.2 Å². The third-order valence-electron chi connectivity index (χ3n) is 4.02. The van der Waals surface area contributed by atoms with Gasteiger partial charge in [0.25, 0.3) is 11.5 Å². The monoisotopic (exact) mass is 367 g/mol. The van der Waals surface area contributed by atoms with Crippen molar-refractivity contribution in [2.24, 2.45) is 0 Å². The Morgan fingerprint density at radius 2 is 2.04 bits per heavy atom. The van der Waals surface area contributed by atoms with Gasteiger partial charge in [-0.3, -0.25) is 9.59 Å². The molecule has 1 aliphatic heterocycles. The van der Waals surface area contributed by atoms with Crippen molar-refractivity contribution >= 4 is 5.91 Å². The van der Waals surface area contributed by atoms with Gasteiger partial charge in [0, 0.05) is 25.0 Å². The zero-order chi connectivity index (χ0) is 18.6. The second kappa shape index (κ2) is 7.32. The zero-order valence-electron chi connectivity index (χ0n) is 14.3. The topological polar surface area (TPSA) is 100 Å². The van der Waals surface area contributed by atoms with E-state index in [1.807, 2.05) is 12.1 Å². The minimum absolute atomic E-state index is 0.135. The van der Waals surface area contributed by atoms with Crippen LogP contribution in [-0.4, -0.2) is 44.7 Å². The van der Waals surface area contributed by atoms with Crippen LogP contribution >= 0.6 is 0 Å². The Bertz CT molecular complexity index is 999. The summed E-state index contributed by atoms with van der Waals surface area (Å²) in [5, 5.41) is 11.1. The molecule has 0 aliphatic carbocycles. The molecule has 1 unspecified atom stereocenters. The number of hydrogen-bond donors (Lipinski definition) is 1. The summed E-state index contributed by atoms with van der Waals surface area (Å²) in [7, 11) is 0. The number of fused-ring (bicyclic) bond motifs is 1. The first kappa shape index (κ1) is 16.8. The van der Waals surface area contributed by atoms with Crippen molar-refractivity contribution in [1.82, 2.24) is 24.9 Å². The highest BCUT2D eigenvalue weighted by molar-refractivity contribution is 5.81. The molecule has 27 heavy (non-hydrogen) atoms. The van der Waals surface area contributed by atoms with Crippen LogP contribution in [0.25, 0.3) is 5.82 Å². The van der Waals surface area contributed by atoms with Crippen LogP contribution < -0.4 is 20.3 Å². The maximum atomic E-state index is 12.3. The summed E-state index contributed by atoms with van der Waals surface area (Å²) < 4.78 is 14.0. The number of benzene rings is 1. The fourth-order valence-electron chi connectivity index (χ4n) is 2.67. The molecular weight excluding hydrogens is 350 g/mol. The molecule has 0 spiro atoms. The number of para-hydroxylation sites is 2. The predicted octanol–water partition coefficient (Wildman–Crippen LogP) is 0.385. The van der Waals surface area contributed by atoms with E-state index in [1.54, 1.807) is 41.3 Å². The summed E-state index contributed by atoms with van der Waals surface area (Å²) in [5.41, 5.74) is -0.258. The van der Waals surface area contributed by atoms with Crippen molar-refractivity contribution in [2.75, 3.05) is 13.2 Å². The number of hydrogen-bond acceptors (Lipinski definition) is 6. The van der Waals surface area contributed by atoms with Gasteiger partial charge in [-0.2, -0.15) is 5.10 Å². The average Bonchev–Trinajstić information content (AvgIpc) is 3.24. The molecule has 0 saturated carbocycles. The number of carbonyl (C=O) groups excluding carboxylic acids is 1. The molecule has 0 fully saturated rings. The molecule has 0 saturated heterocycles. The number of carbonyl (C=O) groups is 1. The molecular formula is C18H17N5O4. The standard InChI is InChI=1S/C18H17N5O4/c24-17-7-6-16(22-10-3-8-20-22)21-23(17)11-9-19-18(25)15-12-26-13-4-1-2-5-14(13)27-15/h1-8,10,15H,9,11-12H2,(H,19,25). The highest BCUT2D eigenvalue weighted by atomic mass is 16.6. The van der Waals surface area contributed by atoms with Gasteiger partial charge in [0.15, 0.2) is 17.3 Å². The van der Waals surface area contributed by atoms with Gasteiger partial charge in [-0.1, -0.05) is 12.1 Å². The largest absolute Gasteiger partial charge is 0.485 e. The number of nitrogens with one attached hydrogen (secondary N) is 1. The summed E-state index contributed by atoms with van der Waals surface area (Å²) in [5.74, 6) is 1.37. The molecule has 0 bridgehead atoms. The lowest BCUT2D eigenvalue weighted by Gasteiger charge is -2.25. The first-order valence-electron chi connectivity index (χ1n) is 8.45. The van der Waals surface area contributed by atoms with E-state index in [1.165, 1.54) is 10.7 Å². The van der Waals surface area contributed by atoms with Crippen molar-refractivity contribution < 1.29 is 14.3 Å². The highest BCUT2D eigenvalue weighted by Gasteiger charge is 2.26. The number of amides is 1. The van der Waals surface area contributed by atoms with E-state index in [0.717, 1.165) is 0 Å². The molecule has 138 valence electrons. The molecule has 3 heterocycles. The summed E-state index contributed by atoms with van der Waals surface area (Å²) in [6, 6.07) is 12.0. The Hall–Kier alpha value is -3.62. The fraction of sp³-hybridized carbons (Fsp3) is 0.222. The van der Waals surface area contributed by atoms with Crippen LogP contribution in [0.1, 0.15) is 0 Å². The SMILES string of the molecule is O=C(NCCn1nc(-n2cccn2)ccc1=O)C1COc2ccccc2O1. The minimum atomic E-state index is -0.736. The molecule has 1 N–H and O–H groups in total. The Morgan fingerprint density at radius 1 is 1.19 bits per heavy atom. The molecule has 3 aromatic rings. The Kier molecular flexibility index (Phi) is 4.56. The lowest BCUT2D eigenvalue weighted by Crippen LogP contribution is -2.45. The lowest BCUT2D eigenvalue weighted by atomic mass is 10.2. The predicted molar refractivity (Wildman–Crippen MR) is 95.0 cm³/mol. The maximum absolute atomic E-state index is 12.3. The molecule has 1 aliphatic rings. The van der Waals surface area contributed by atoms with Crippen molar-refractivity contribution in [1.29, 1.82) is 0 Å². The van der Waals surface area contributed by atoms with E-state index in [4.69, 9.17) is 9.47 Å². The summed E-state index contributed by atoms with van der Waals surface area (Å²) in [6.45, 7) is 0.593. The van der Waals surface area contributed by atoms with Crippen LogP contribution in [0, 0.1) is 0 Å². The molecule has 1 aromatic carbocycles. The Labute approximate surface area is 154 Å². The summed E-state index contributed by atoms with van der Waals surface area (Å²) in [6.07, 6.45) is 2.62. The van der Waals surface area contributed by atoms with Gasteiger partial charge in [-0.05, 0) is 24.3 Å². The number of nitrogens with zero attached hydrogens (tertiary/aromatic N) is 4. The van der Waals surface area contributed by atoms with Crippen LogP contribution in [0.4, 0.5) is 0 Å². The average molecular weight is 367 g/mol. The smallest absolute Gasteiger partial charge is 0.266 e. The molecule has 4 rings (SSSR count). The highest BCUT2D eigenvalue weighted by Crippen LogP contribution is 2.30. The normalized spacial score (nSPS) is 15.3. The van der Waals surface area contributed by atoms with Gasteiger partial charge in [0.05, 0.1) is 6.54 Å². The second-order valence-corrected chi connectivity index (χ2v) is 5.86. The van der Waals surface area contributed by atoms with Gasteiger partial charge in [0.1, 0.15) is 6.61 Å². The first-order chi connectivity index (χ1) is 13.2. The van der Waals surface area contributed by atoms with Gasteiger partial charge in [0.2, 0.25) is 6.10 Å². The Balaban J connectivity index is 1.35. The quantitative estimate of drug-likeness (QED) is 0.700. The summed E-state index contributed by atoms with van der Waals surface area (Å²) in [4.78, 5) is 24.3. The lowest BCUT2D eigenvalue weighted by molar-refractivity contribution is -0.130. The van der Waals surface area contributed by atoms with Crippen LogP contribution in [-0.2, 0) is 11.3 Å². The number of rotatable bonds is 5. The fourth-order valence-corrected chi connectivity index (χ4v) is 2.67. The van der Waals surface area contributed by atoms with Crippen molar-refractivity contribution in [3.8, 4) is 17.3 Å². The molecule has 9 heteroatoms. The van der Waals surface area contributed by atoms with Crippen molar-refractivity contribution in [2.45, 2.75) is 12.6 Å². The van der Waals surface area contributed by atoms with Gasteiger partial charge >= 0.3 is 0 Å². The van der Waals surface area contributed by atoms with E-state index in [0.29, 0.717) is 17.3 Å². The molecule has 0 radical (unpaired) electrons. The van der Waals surface area contributed by atoms with Crippen LogP contribution in [0.3, 0.4) is 0 Å². The molecule has 1 atom stereocenters.